The van der Waals surface area contributed by atoms with Crippen LogP contribution in [0.3, 0.4) is 0 Å². The maximum Gasteiger partial charge on any atom is 0.244 e. The number of anilines is 1. The van der Waals surface area contributed by atoms with Crippen LogP contribution in [0.1, 0.15) is 32.6 Å². The van der Waals surface area contributed by atoms with Crippen LogP contribution in [-0.4, -0.2) is 26.4 Å². The molecule has 2 rings (SSSR count). The predicted octanol–water partition coefficient (Wildman–Crippen LogP) is 1.62. The number of benzene rings is 1. The van der Waals surface area contributed by atoms with Crippen LogP contribution in [0.15, 0.2) is 29.2 Å². The van der Waals surface area contributed by atoms with Crippen molar-refractivity contribution in [1.29, 1.82) is 0 Å². The molecule has 1 amide bonds. The highest BCUT2D eigenvalue weighted by Gasteiger charge is 2.45. The molecule has 0 aromatic heterocycles. The molecule has 1 saturated carbocycles. The van der Waals surface area contributed by atoms with Gasteiger partial charge in [0.2, 0.25) is 15.9 Å². The van der Waals surface area contributed by atoms with Gasteiger partial charge >= 0.3 is 0 Å². The van der Waals surface area contributed by atoms with E-state index in [4.69, 9.17) is 5.73 Å². The third kappa shape index (κ3) is 4.67. The number of halogens is 1. The average Bonchev–Trinajstić information content (AvgIpc) is 3.19. The smallest absolute Gasteiger partial charge is 0.244 e. The van der Waals surface area contributed by atoms with E-state index in [2.05, 4.69) is 10.0 Å². The van der Waals surface area contributed by atoms with Crippen molar-refractivity contribution in [2.24, 2.45) is 5.73 Å². The second kappa shape index (κ2) is 7.41. The van der Waals surface area contributed by atoms with Gasteiger partial charge in [0, 0.05) is 12.2 Å². The molecular weight excluding hydrogens is 326 g/mol. The second-order valence-electron chi connectivity index (χ2n) is 5.39. The van der Waals surface area contributed by atoms with E-state index < -0.39 is 15.6 Å². The minimum absolute atomic E-state index is 0. The van der Waals surface area contributed by atoms with Crippen molar-refractivity contribution >= 4 is 34.0 Å². The second-order valence-corrected chi connectivity index (χ2v) is 7.16. The van der Waals surface area contributed by atoms with E-state index in [0.29, 0.717) is 25.1 Å². The maximum absolute atomic E-state index is 12.1. The van der Waals surface area contributed by atoms with E-state index in [-0.39, 0.29) is 23.2 Å². The molecule has 0 spiro atoms. The van der Waals surface area contributed by atoms with Crippen molar-refractivity contribution in [2.45, 2.75) is 43.0 Å². The van der Waals surface area contributed by atoms with Crippen molar-refractivity contribution < 1.29 is 13.2 Å². The summed E-state index contributed by atoms with van der Waals surface area (Å²) >= 11 is 0. The third-order valence-electron chi connectivity index (χ3n) is 3.47. The number of rotatable bonds is 7. The van der Waals surface area contributed by atoms with Crippen LogP contribution >= 0.6 is 12.4 Å². The summed E-state index contributed by atoms with van der Waals surface area (Å²) in [5.41, 5.74) is 5.46. The summed E-state index contributed by atoms with van der Waals surface area (Å²) < 4.78 is 26.7. The summed E-state index contributed by atoms with van der Waals surface area (Å²) in [6.07, 6.45) is 3.02. The molecule has 1 aromatic carbocycles. The number of unbranched alkanes of at least 4 members (excludes halogenated alkanes) is 1. The Bertz CT molecular complexity index is 630. The molecule has 0 atom stereocenters. The highest BCUT2D eigenvalue weighted by Crippen LogP contribution is 2.33. The minimum Gasteiger partial charge on any atom is -0.324 e. The summed E-state index contributed by atoms with van der Waals surface area (Å²) in [4.78, 5) is 12.0. The Kier molecular flexibility index (Phi) is 6.37. The molecule has 1 fully saturated rings. The molecular formula is C14H22ClN3O3S. The predicted molar refractivity (Wildman–Crippen MR) is 88.6 cm³/mol. The van der Waals surface area contributed by atoms with Crippen molar-refractivity contribution in [3.05, 3.63) is 24.3 Å². The highest BCUT2D eigenvalue weighted by atomic mass is 35.5. The van der Waals surface area contributed by atoms with E-state index in [0.717, 1.165) is 12.8 Å². The first kappa shape index (κ1) is 18.9. The Morgan fingerprint density at radius 2 is 2.05 bits per heavy atom. The van der Waals surface area contributed by atoms with E-state index in [1.54, 1.807) is 12.1 Å². The van der Waals surface area contributed by atoms with Gasteiger partial charge in [-0.2, -0.15) is 0 Å². The molecule has 1 aliphatic rings. The normalized spacial score (nSPS) is 15.7. The zero-order valence-electron chi connectivity index (χ0n) is 12.5. The molecule has 0 unspecified atom stereocenters. The highest BCUT2D eigenvalue weighted by molar-refractivity contribution is 7.89. The van der Waals surface area contributed by atoms with E-state index in [9.17, 15) is 13.2 Å². The number of nitrogens with two attached hydrogens (primary N) is 1. The molecule has 8 heteroatoms. The SMILES string of the molecule is CCCCNS(=O)(=O)c1cccc(NC(=O)C2(N)CC2)c1.Cl. The van der Waals surface area contributed by atoms with Gasteiger partial charge in [0.25, 0.3) is 0 Å². The summed E-state index contributed by atoms with van der Waals surface area (Å²) in [6, 6.07) is 6.19. The molecule has 0 aliphatic heterocycles. The first-order chi connectivity index (χ1) is 9.87. The Balaban J connectivity index is 0.00000242. The van der Waals surface area contributed by atoms with Crippen molar-refractivity contribution in [3.63, 3.8) is 0 Å². The van der Waals surface area contributed by atoms with Crippen molar-refractivity contribution in [1.82, 2.24) is 4.72 Å². The van der Waals surface area contributed by atoms with Crippen molar-refractivity contribution in [2.75, 3.05) is 11.9 Å². The first-order valence-corrected chi connectivity index (χ1v) is 8.56. The van der Waals surface area contributed by atoms with E-state index in [1.807, 2.05) is 6.92 Å². The zero-order chi connectivity index (χ0) is 15.5. The monoisotopic (exact) mass is 347 g/mol. The lowest BCUT2D eigenvalue weighted by Crippen LogP contribution is -2.37. The summed E-state index contributed by atoms with van der Waals surface area (Å²) in [6.45, 7) is 2.40. The van der Waals surface area contributed by atoms with Gasteiger partial charge < -0.3 is 11.1 Å². The van der Waals surface area contributed by atoms with Gasteiger partial charge in [-0.25, -0.2) is 13.1 Å². The topological polar surface area (TPSA) is 101 Å². The molecule has 22 heavy (non-hydrogen) atoms. The largest absolute Gasteiger partial charge is 0.324 e. The molecule has 124 valence electrons. The fourth-order valence-corrected chi connectivity index (χ4v) is 2.94. The number of hydrogen-bond acceptors (Lipinski definition) is 4. The van der Waals surface area contributed by atoms with Crippen molar-refractivity contribution in [3.8, 4) is 0 Å². The van der Waals surface area contributed by atoms with Crippen LogP contribution in [0.25, 0.3) is 0 Å². The Hall–Kier alpha value is -1.15. The lowest BCUT2D eigenvalue weighted by molar-refractivity contribution is -0.118. The Labute approximate surface area is 137 Å². The number of amides is 1. The number of hydrogen-bond donors (Lipinski definition) is 3. The number of sulfonamides is 1. The lowest BCUT2D eigenvalue weighted by Gasteiger charge is -2.11. The van der Waals surface area contributed by atoms with Gasteiger partial charge in [-0.05, 0) is 37.5 Å². The van der Waals surface area contributed by atoms with Crippen LogP contribution < -0.4 is 15.8 Å². The van der Waals surface area contributed by atoms with Crippen LogP contribution in [0.4, 0.5) is 5.69 Å². The fourth-order valence-electron chi connectivity index (χ4n) is 1.82. The maximum atomic E-state index is 12.1. The van der Waals surface area contributed by atoms with E-state index in [1.165, 1.54) is 12.1 Å². The molecule has 0 radical (unpaired) electrons. The number of carbonyl (C=O) groups excluding carboxylic acids is 1. The zero-order valence-corrected chi connectivity index (χ0v) is 14.1. The summed E-state index contributed by atoms with van der Waals surface area (Å²) in [5, 5.41) is 2.67. The standard InChI is InChI=1S/C14H21N3O3S.ClH/c1-2-3-9-16-21(19,20)12-6-4-5-11(10-12)17-13(18)14(15)7-8-14;/h4-6,10,16H,2-3,7-9,15H2,1H3,(H,17,18);1H. The third-order valence-corrected chi connectivity index (χ3v) is 4.92. The fraction of sp³-hybridized carbons (Fsp3) is 0.500. The quantitative estimate of drug-likeness (QED) is 0.652. The molecule has 0 bridgehead atoms. The van der Waals surface area contributed by atoms with Gasteiger partial charge in [0.1, 0.15) is 0 Å². The first-order valence-electron chi connectivity index (χ1n) is 7.07. The lowest BCUT2D eigenvalue weighted by atomic mass is 10.2. The van der Waals surface area contributed by atoms with Crippen LogP contribution in [0, 0.1) is 0 Å². The molecule has 6 nitrogen and oxygen atoms in total. The van der Waals surface area contributed by atoms with Crippen LogP contribution in [0.2, 0.25) is 0 Å². The number of nitrogens with one attached hydrogen (secondary N) is 2. The van der Waals surface area contributed by atoms with Gasteiger partial charge in [0.15, 0.2) is 0 Å². The average molecular weight is 348 g/mol. The Morgan fingerprint density at radius 3 is 2.64 bits per heavy atom. The van der Waals surface area contributed by atoms with Crippen LogP contribution in [-0.2, 0) is 14.8 Å². The van der Waals surface area contributed by atoms with Crippen LogP contribution in [0.5, 0.6) is 0 Å². The van der Waals surface area contributed by atoms with Gasteiger partial charge in [0.05, 0.1) is 10.4 Å². The molecule has 0 heterocycles. The number of carbonyl (C=O) groups is 1. The molecule has 4 N–H and O–H groups in total. The molecule has 0 saturated heterocycles. The summed E-state index contributed by atoms with van der Waals surface area (Å²) in [7, 11) is -3.54. The molecule has 1 aliphatic carbocycles. The van der Waals surface area contributed by atoms with Gasteiger partial charge in [-0.15, -0.1) is 12.4 Å². The Morgan fingerprint density at radius 1 is 1.36 bits per heavy atom. The van der Waals surface area contributed by atoms with Gasteiger partial charge in [-0.1, -0.05) is 19.4 Å². The van der Waals surface area contributed by atoms with E-state index >= 15 is 0 Å². The van der Waals surface area contributed by atoms with Gasteiger partial charge in [-0.3, -0.25) is 4.79 Å². The summed E-state index contributed by atoms with van der Waals surface area (Å²) in [5.74, 6) is -0.268. The molecule has 1 aromatic rings. The minimum atomic E-state index is -3.54.